The molecule has 1 fully saturated rings. The summed E-state index contributed by atoms with van der Waals surface area (Å²) < 4.78 is 0. The molecule has 0 saturated heterocycles. The first kappa shape index (κ1) is 22.5. The molecule has 0 amide bonds. The number of hydrogen-bond acceptors (Lipinski definition) is 0. The number of rotatable bonds is 0. The first-order valence-corrected chi connectivity index (χ1v) is 4.00. The van der Waals surface area contributed by atoms with Crippen LogP contribution in [0.15, 0.2) is 0 Å². The van der Waals surface area contributed by atoms with E-state index < -0.39 is 0 Å². The van der Waals surface area contributed by atoms with Gasteiger partial charge in [-0.3, -0.25) is 0 Å². The van der Waals surface area contributed by atoms with Gasteiger partial charge in [0.15, 0.2) is 0 Å². The van der Waals surface area contributed by atoms with Crippen molar-refractivity contribution in [1.29, 1.82) is 0 Å². The van der Waals surface area contributed by atoms with Crippen molar-refractivity contribution in [3.63, 3.8) is 0 Å². The van der Waals surface area contributed by atoms with Crippen LogP contribution in [0.4, 0.5) is 0 Å². The molecule has 0 bridgehead atoms. The van der Waals surface area contributed by atoms with Gasteiger partial charge in [-0.1, -0.05) is 53.4 Å². The molecule has 0 aromatic heterocycles. The normalized spacial score (nSPS) is 10.8. The molecule has 1 saturated carbocycles. The fourth-order valence-electron chi connectivity index (χ4n) is 0.250. The third kappa shape index (κ3) is 22.9. The van der Waals surface area contributed by atoms with Crippen molar-refractivity contribution in [2.24, 2.45) is 0 Å². The molecular formula is C8H24IP. The van der Waals surface area contributed by atoms with Crippen molar-refractivity contribution in [3.05, 3.63) is 0 Å². The number of halogens is 1. The smallest absolute Gasteiger partial charge is 0.0533 e. The van der Waals surface area contributed by atoms with Crippen molar-refractivity contribution in [2.45, 2.75) is 53.4 Å². The summed E-state index contributed by atoms with van der Waals surface area (Å²) in [7, 11) is 0. The zero-order valence-electron chi connectivity index (χ0n) is 7.94. The Morgan fingerprint density at radius 2 is 0.700 bits per heavy atom. The Balaban J connectivity index is -0.0000000275. The average Bonchev–Trinajstić information content (AvgIpc) is 1.72. The fraction of sp³-hybridized carbons (Fsp3) is 1.00. The Morgan fingerprint density at radius 1 is 0.600 bits per heavy atom. The largest absolute Gasteiger partial charge is 0.153 e. The zero-order valence-corrected chi connectivity index (χ0v) is 11.7. The van der Waals surface area contributed by atoms with Crippen LogP contribution in [-0.4, -0.2) is 0 Å². The Bertz CT molecular complexity index is 17.2. The molecule has 68 valence electrons. The van der Waals surface area contributed by atoms with E-state index in [1.165, 1.54) is 25.7 Å². The Labute approximate surface area is 87.2 Å². The summed E-state index contributed by atoms with van der Waals surface area (Å²) in [5.41, 5.74) is 0. The van der Waals surface area contributed by atoms with E-state index in [1.807, 2.05) is 27.7 Å². The summed E-state index contributed by atoms with van der Waals surface area (Å²) in [5, 5.41) is 0. The van der Waals surface area contributed by atoms with Gasteiger partial charge in [0.05, 0.1) is 0 Å². The van der Waals surface area contributed by atoms with E-state index in [-0.39, 0.29) is 33.9 Å². The van der Waals surface area contributed by atoms with Crippen molar-refractivity contribution in [2.75, 3.05) is 0 Å². The lowest BCUT2D eigenvalue weighted by Crippen LogP contribution is -1.85. The predicted molar refractivity (Wildman–Crippen MR) is 67.7 cm³/mol. The molecule has 0 radical (unpaired) electrons. The van der Waals surface area contributed by atoms with Gasteiger partial charge in [0.25, 0.3) is 0 Å². The Morgan fingerprint density at radius 3 is 0.700 bits per heavy atom. The van der Waals surface area contributed by atoms with Gasteiger partial charge in [-0.2, -0.15) is 9.90 Å². The van der Waals surface area contributed by atoms with Crippen LogP contribution in [0.1, 0.15) is 53.4 Å². The summed E-state index contributed by atoms with van der Waals surface area (Å²) in [6, 6.07) is 0. The molecule has 2 heteroatoms. The molecule has 0 aliphatic heterocycles. The van der Waals surface area contributed by atoms with E-state index in [4.69, 9.17) is 0 Å². The monoisotopic (exact) mass is 278 g/mol. The van der Waals surface area contributed by atoms with Crippen LogP contribution in [0.25, 0.3) is 0 Å². The number of hydrogen-bond donors (Lipinski definition) is 0. The molecule has 0 heterocycles. The standard InChI is InChI=1S/C4H8.2C2H6.HI.H3P/c1-2-4-3-1;2*1-2;;/h1-4H2;2*1-2H3;1H;1H3. The molecule has 1 aliphatic rings. The van der Waals surface area contributed by atoms with E-state index in [2.05, 4.69) is 0 Å². The van der Waals surface area contributed by atoms with Gasteiger partial charge in [-0.05, 0) is 0 Å². The topological polar surface area (TPSA) is 0 Å². The van der Waals surface area contributed by atoms with Crippen molar-refractivity contribution in [1.82, 2.24) is 0 Å². The molecule has 0 N–H and O–H groups in total. The maximum Gasteiger partial charge on any atom is -0.0533 e. The van der Waals surface area contributed by atoms with Crippen LogP contribution in [0.2, 0.25) is 0 Å². The summed E-state index contributed by atoms with van der Waals surface area (Å²) in [4.78, 5) is 0. The lowest BCUT2D eigenvalue weighted by Gasteiger charge is -2.05. The molecule has 0 aromatic rings. The quantitative estimate of drug-likeness (QED) is 0.458. The van der Waals surface area contributed by atoms with Gasteiger partial charge in [0.2, 0.25) is 0 Å². The van der Waals surface area contributed by atoms with Gasteiger partial charge in [0, 0.05) is 0 Å². The molecule has 1 unspecified atom stereocenters. The van der Waals surface area contributed by atoms with Crippen molar-refractivity contribution < 1.29 is 0 Å². The highest BCUT2D eigenvalue weighted by Crippen LogP contribution is 2.15. The molecule has 0 spiro atoms. The van der Waals surface area contributed by atoms with Gasteiger partial charge < -0.3 is 0 Å². The molecule has 1 aliphatic carbocycles. The maximum atomic E-state index is 2.00. The van der Waals surface area contributed by atoms with Crippen LogP contribution in [0.5, 0.6) is 0 Å². The Hall–Kier alpha value is 1.16. The van der Waals surface area contributed by atoms with Gasteiger partial charge >= 0.3 is 0 Å². The van der Waals surface area contributed by atoms with Crippen LogP contribution in [0.3, 0.4) is 0 Å². The van der Waals surface area contributed by atoms with Gasteiger partial charge in [0.1, 0.15) is 0 Å². The summed E-state index contributed by atoms with van der Waals surface area (Å²) in [6.45, 7) is 8.00. The minimum Gasteiger partial charge on any atom is -0.153 e. The average molecular weight is 278 g/mol. The zero-order chi connectivity index (χ0) is 6.83. The highest BCUT2D eigenvalue weighted by molar-refractivity contribution is 14.0. The van der Waals surface area contributed by atoms with Crippen molar-refractivity contribution >= 4 is 33.9 Å². The highest BCUT2D eigenvalue weighted by atomic mass is 127. The van der Waals surface area contributed by atoms with E-state index in [0.717, 1.165) is 0 Å². The maximum absolute atomic E-state index is 2.00. The van der Waals surface area contributed by atoms with Gasteiger partial charge in [-0.25, -0.2) is 0 Å². The molecular weight excluding hydrogens is 254 g/mol. The first-order valence-electron chi connectivity index (χ1n) is 4.00. The van der Waals surface area contributed by atoms with Gasteiger partial charge in [-0.15, -0.1) is 24.0 Å². The summed E-state index contributed by atoms with van der Waals surface area (Å²) >= 11 is 0. The third-order valence-electron chi connectivity index (χ3n) is 1.000. The SMILES string of the molecule is C1CCC1.CC.CC.I.P. The summed E-state index contributed by atoms with van der Waals surface area (Å²) in [5.74, 6) is 0. The van der Waals surface area contributed by atoms with Crippen LogP contribution < -0.4 is 0 Å². The van der Waals surface area contributed by atoms with E-state index >= 15 is 0 Å². The molecule has 1 rings (SSSR count). The highest BCUT2D eigenvalue weighted by Gasteiger charge is 1.95. The minimum atomic E-state index is 0. The molecule has 1 atom stereocenters. The Kier molecular flexibility index (Phi) is 71.9. The van der Waals surface area contributed by atoms with Crippen LogP contribution in [-0.2, 0) is 0 Å². The second-order valence-electron chi connectivity index (χ2n) is 1.41. The van der Waals surface area contributed by atoms with E-state index in [1.54, 1.807) is 0 Å². The lowest BCUT2D eigenvalue weighted by molar-refractivity contribution is 0.504. The van der Waals surface area contributed by atoms with E-state index in [0.29, 0.717) is 0 Å². The first-order chi connectivity index (χ1) is 4.00. The van der Waals surface area contributed by atoms with Crippen LogP contribution in [0, 0.1) is 0 Å². The molecule has 0 nitrogen and oxygen atoms in total. The second-order valence-corrected chi connectivity index (χ2v) is 1.41. The third-order valence-corrected chi connectivity index (χ3v) is 1.000. The minimum absolute atomic E-state index is 0. The lowest BCUT2D eigenvalue weighted by atomic mass is 10.0. The van der Waals surface area contributed by atoms with Crippen molar-refractivity contribution in [3.8, 4) is 0 Å². The second kappa shape index (κ2) is 32.0. The molecule has 0 aromatic carbocycles. The molecule has 10 heavy (non-hydrogen) atoms. The van der Waals surface area contributed by atoms with E-state index in [9.17, 15) is 0 Å². The van der Waals surface area contributed by atoms with Crippen LogP contribution >= 0.6 is 33.9 Å². The summed E-state index contributed by atoms with van der Waals surface area (Å²) in [6.07, 6.45) is 6.00. The fourth-order valence-corrected chi connectivity index (χ4v) is 0.250. The predicted octanol–water partition coefficient (Wildman–Crippen LogP) is 4.29.